The van der Waals surface area contributed by atoms with Crippen molar-refractivity contribution in [3.63, 3.8) is 0 Å². The highest BCUT2D eigenvalue weighted by Gasteiger charge is 2.12. The highest BCUT2D eigenvalue weighted by Crippen LogP contribution is 2.15. The lowest BCUT2D eigenvalue weighted by Crippen LogP contribution is -2.22. The van der Waals surface area contributed by atoms with Crippen LogP contribution in [-0.4, -0.2) is 22.4 Å². The Kier molecular flexibility index (Phi) is 4.79. The predicted octanol–water partition coefficient (Wildman–Crippen LogP) is 2.07. The van der Waals surface area contributed by atoms with Gasteiger partial charge in [0, 0.05) is 11.5 Å². The zero-order chi connectivity index (χ0) is 14.4. The molecule has 0 bridgehead atoms. The van der Waals surface area contributed by atoms with E-state index in [4.69, 9.17) is 5.73 Å². The fraction of sp³-hybridized carbons (Fsp3) is 0.267. The first-order valence-corrected chi connectivity index (χ1v) is 6.59. The molecule has 5 nitrogen and oxygen atoms in total. The van der Waals surface area contributed by atoms with E-state index in [0.29, 0.717) is 24.5 Å². The van der Waals surface area contributed by atoms with Gasteiger partial charge in [0.2, 0.25) is 5.91 Å². The summed E-state index contributed by atoms with van der Waals surface area (Å²) in [4.78, 5) is 20.3. The molecule has 0 saturated carbocycles. The second-order valence-electron chi connectivity index (χ2n) is 4.63. The molecule has 5 heteroatoms. The van der Waals surface area contributed by atoms with E-state index in [9.17, 15) is 4.79 Å². The minimum absolute atomic E-state index is 0.0634. The van der Waals surface area contributed by atoms with Crippen LogP contribution in [0, 0.1) is 5.92 Å². The minimum Gasteiger partial charge on any atom is -0.330 e. The fourth-order valence-corrected chi connectivity index (χ4v) is 1.78. The molecule has 0 radical (unpaired) electrons. The molecule has 1 amide bonds. The molecular weight excluding hydrogens is 252 g/mol. The third-order valence-electron chi connectivity index (χ3n) is 3.00. The third kappa shape index (κ3) is 3.61. The summed E-state index contributed by atoms with van der Waals surface area (Å²) in [5.74, 6) is 0.457. The zero-order valence-electron chi connectivity index (χ0n) is 11.4. The second kappa shape index (κ2) is 6.77. The molecule has 2 aromatic rings. The van der Waals surface area contributed by atoms with E-state index in [2.05, 4.69) is 15.3 Å². The molecule has 0 saturated heterocycles. The lowest BCUT2D eigenvalue weighted by Gasteiger charge is -2.10. The Morgan fingerprint density at radius 1 is 1.25 bits per heavy atom. The number of rotatable bonds is 5. The highest BCUT2D eigenvalue weighted by atomic mass is 16.1. The molecule has 0 aliphatic heterocycles. The molecule has 0 aliphatic carbocycles. The molecule has 1 aromatic carbocycles. The molecule has 1 unspecified atom stereocenters. The van der Waals surface area contributed by atoms with Crippen molar-refractivity contribution in [1.29, 1.82) is 0 Å². The summed E-state index contributed by atoms with van der Waals surface area (Å²) in [6, 6.07) is 9.69. The van der Waals surface area contributed by atoms with Crippen LogP contribution in [-0.2, 0) is 4.79 Å². The fourth-order valence-electron chi connectivity index (χ4n) is 1.78. The van der Waals surface area contributed by atoms with E-state index >= 15 is 0 Å². The van der Waals surface area contributed by atoms with Gasteiger partial charge in [-0.1, -0.05) is 37.3 Å². The molecule has 0 aliphatic rings. The van der Waals surface area contributed by atoms with Gasteiger partial charge in [0.25, 0.3) is 0 Å². The standard InChI is InChI=1S/C15H18N4O/c1-11(7-8-16)15(20)19-13-9-17-14(18-10-13)12-5-3-2-4-6-12/h2-6,9-11H,7-8,16H2,1H3,(H,19,20). The summed E-state index contributed by atoms with van der Waals surface area (Å²) in [6.45, 7) is 2.35. The van der Waals surface area contributed by atoms with Gasteiger partial charge in [0.1, 0.15) is 0 Å². The van der Waals surface area contributed by atoms with E-state index < -0.39 is 0 Å². The van der Waals surface area contributed by atoms with Gasteiger partial charge < -0.3 is 11.1 Å². The number of nitrogens with zero attached hydrogens (tertiary/aromatic N) is 2. The SMILES string of the molecule is CC(CCN)C(=O)Nc1cnc(-c2ccccc2)nc1. The number of nitrogens with two attached hydrogens (primary N) is 1. The first kappa shape index (κ1) is 14.1. The molecule has 0 fully saturated rings. The first-order valence-electron chi connectivity index (χ1n) is 6.59. The van der Waals surface area contributed by atoms with Crippen LogP contribution in [0.5, 0.6) is 0 Å². The van der Waals surface area contributed by atoms with Gasteiger partial charge in [0.05, 0.1) is 18.1 Å². The van der Waals surface area contributed by atoms with E-state index in [-0.39, 0.29) is 11.8 Å². The van der Waals surface area contributed by atoms with Crippen molar-refractivity contribution in [3.05, 3.63) is 42.7 Å². The number of amides is 1. The van der Waals surface area contributed by atoms with E-state index in [1.54, 1.807) is 12.4 Å². The van der Waals surface area contributed by atoms with Crippen LogP contribution in [0.1, 0.15) is 13.3 Å². The summed E-state index contributed by atoms with van der Waals surface area (Å²) >= 11 is 0. The topological polar surface area (TPSA) is 80.9 Å². The van der Waals surface area contributed by atoms with E-state index in [0.717, 1.165) is 5.56 Å². The molecule has 3 N–H and O–H groups in total. The minimum atomic E-state index is -0.117. The van der Waals surface area contributed by atoms with Crippen molar-refractivity contribution in [3.8, 4) is 11.4 Å². The van der Waals surface area contributed by atoms with Crippen LogP contribution in [0.2, 0.25) is 0 Å². The Hall–Kier alpha value is -2.27. The van der Waals surface area contributed by atoms with Crippen molar-refractivity contribution in [2.45, 2.75) is 13.3 Å². The maximum atomic E-state index is 11.8. The Labute approximate surface area is 118 Å². The van der Waals surface area contributed by atoms with Crippen molar-refractivity contribution in [1.82, 2.24) is 9.97 Å². The third-order valence-corrected chi connectivity index (χ3v) is 3.00. The van der Waals surface area contributed by atoms with Crippen LogP contribution in [0.3, 0.4) is 0 Å². The van der Waals surface area contributed by atoms with E-state index in [1.807, 2.05) is 37.3 Å². The van der Waals surface area contributed by atoms with Gasteiger partial charge in [-0.05, 0) is 13.0 Å². The molecule has 2 rings (SSSR count). The summed E-state index contributed by atoms with van der Waals surface area (Å²) in [6.07, 6.45) is 3.89. The Balaban J connectivity index is 2.04. The molecule has 20 heavy (non-hydrogen) atoms. The number of carbonyl (C=O) groups excluding carboxylic acids is 1. The summed E-state index contributed by atoms with van der Waals surface area (Å²) in [7, 11) is 0. The number of hydrogen-bond donors (Lipinski definition) is 2. The second-order valence-corrected chi connectivity index (χ2v) is 4.63. The van der Waals surface area contributed by atoms with E-state index in [1.165, 1.54) is 0 Å². The van der Waals surface area contributed by atoms with Crippen LogP contribution < -0.4 is 11.1 Å². The average molecular weight is 270 g/mol. The van der Waals surface area contributed by atoms with Crippen LogP contribution in [0.4, 0.5) is 5.69 Å². The summed E-state index contributed by atoms with van der Waals surface area (Å²) < 4.78 is 0. The van der Waals surface area contributed by atoms with Gasteiger partial charge in [-0.3, -0.25) is 4.79 Å². The van der Waals surface area contributed by atoms with Gasteiger partial charge in [-0.2, -0.15) is 0 Å². The van der Waals surface area contributed by atoms with Gasteiger partial charge in [-0.25, -0.2) is 9.97 Å². The molecular formula is C15H18N4O. The van der Waals surface area contributed by atoms with Crippen LogP contribution >= 0.6 is 0 Å². The number of carbonyl (C=O) groups is 1. The van der Waals surface area contributed by atoms with Crippen molar-refractivity contribution < 1.29 is 4.79 Å². The lowest BCUT2D eigenvalue weighted by molar-refractivity contribution is -0.119. The van der Waals surface area contributed by atoms with Crippen LogP contribution in [0.15, 0.2) is 42.7 Å². The molecule has 0 spiro atoms. The first-order chi connectivity index (χ1) is 9.70. The number of anilines is 1. The monoisotopic (exact) mass is 270 g/mol. The number of hydrogen-bond acceptors (Lipinski definition) is 4. The summed E-state index contributed by atoms with van der Waals surface area (Å²) in [5.41, 5.74) is 6.98. The molecule has 1 heterocycles. The lowest BCUT2D eigenvalue weighted by atomic mass is 10.1. The maximum Gasteiger partial charge on any atom is 0.227 e. The summed E-state index contributed by atoms with van der Waals surface area (Å²) in [5, 5.41) is 2.79. The van der Waals surface area contributed by atoms with Crippen LogP contribution in [0.25, 0.3) is 11.4 Å². The Morgan fingerprint density at radius 3 is 2.50 bits per heavy atom. The van der Waals surface area contributed by atoms with Gasteiger partial charge >= 0.3 is 0 Å². The smallest absolute Gasteiger partial charge is 0.227 e. The molecule has 1 atom stereocenters. The highest BCUT2D eigenvalue weighted by molar-refractivity contribution is 5.92. The Bertz CT molecular complexity index is 554. The Morgan fingerprint density at radius 2 is 1.90 bits per heavy atom. The number of benzene rings is 1. The predicted molar refractivity (Wildman–Crippen MR) is 78.9 cm³/mol. The molecule has 104 valence electrons. The zero-order valence-corrected chi connectivity index (χ0v) is 11.4. The molecule has 1 aromatic heterocycles. The van der Waals surface area contributed by atoms with Gasteiger partial charge in [0.15, 0.2) is 5.82 Å². The van der Waals surface area contributed by atoms with Crippen molar-refractivity contribution >= 4 is 11.6 Å². The number of aromatic nitrogens is 2. The quantitative estimate of drug-likeness (QED) is 0.871. The normalized spacial score (nSPS) is 11.9. The number of nitrogens with one attached hydrogen (secondary N) is 1. The van der Waals surface area contributed by atoms with Gasteiger partial charge in [-0.15, -0.1) is 0 Å². The average Bonchev–Trinajstić information content (AvgIpc) is 2.49. The van der Waals surface area contributed by atoms with Crippen molar-refractivity contribution in [2.75, 3.05) is 11.9 Å². The maximum absolute atomic E-state index is 11.8. The van der Waals surface area contributed by atoms with Crippen molar-refractivity contribution in [2.24, 2.45) is 11.7 Å². The largest absolute Gasteiger partial charge is 0.330 e.